The van der Waals surface area contributed by atoms with Crippen molar-refractivity contribution in [2.75, 3.05) is 6.54 Å². The molecule has 0 aliphatic heterocycles. The molecule has 0 radical (unpaired) electrons. The minimum absolute atomic E-state index is 0.0167. The molecule has 1 aromatic rings. The number of hydrogen-bond donors (Lipinski definition) is 1. The Kier molecular flexibility index (Phi) is 5.54. The fourth-order valence-corrected chi connectivity index (χ4v) is 1.83. The highest BCUT2D eigenvalue weighted by molar-refractivity contribution is 5.01. The number of rotatable bonds is 8. The molecule has 1 aromatic heterocycles. The van der Waals surface area contributed by atoms with Crippen molar-refractivity contribution in [2.24, 2.45) is 5.41 Å². The molecular formula is C14H26N4. The molecule has 1 N–H and O–H groups in total. The van der Waals surface area contributed by atoms with Crippen molar-refractivity contribution in [3.63, 3.8) is 0 Å². The van der Waals surface area contributed by atoms with Gasteiger partial charge in [0.2, 0.25) is 0 Å². The van der Waals surface area contributed by atoms with Gasteiger partial charge in [-0.2, -0.15) is 5.10 Å². The van der Waals surface area contributed by atoms with Crippen LogP contribution in [0.15, 0.2) is 19.0 Å². The molecule has 18 heavy (non-hydrogen) atoms. The van der Waals surface area contributed by atoms with Crippen molar-refractivity contribution in [3.8, 4) is 0 Å². The Bertz CT molecular complexity index is 370. The summed E-state index contributed by atoms with van der Waals surface area (Å²) in [6.45, 7) is 14.5. The van der Waals surface area contributed by atoms with E-state index in [0.29, 0.717) is 6.04 Å². The van der Waals surface area contributed by atoms with Crippen molar-refractivity contribution in [1.29, 1.82) is 0 Å². The van der Waals surface area contributed by atoms with Gasteiger partial charge in [0, 0.05) is 31.0 Å². The van der Waals surface area contributed by atoms with Gasteiger partial charge >= 0.3 is 0 Å². The molecule has 0 aromatic carbocycles. The summed E-state index contributed by atoms with van der Waals surface area (Å²) in [5, 5.41) is 7.74. The van der Waals surface area contributed by atoms with E-state index in [4.69, 9.17) is 0 Å². The van der Waals surface area contributed by atoms with Gasteiger partial charge in [-0.05, 0) is 6.42 Å². The van der Waals surface area contributed by atoms with Crippen LogP contribution in [0.4, 0.5) is 0 Å². The SMILES string of the molecule is C=CC(C)(CNC(C)C)Cc1ncnn1CCC. The Morgan fingerprint density at radius 3 is 2.83 bits per heavy atom. The van der Waals surface area contributed by atoms with E-state index in [1.165, 1.54) is 0 Å². The molecule has 1 rings (SSSR count). The highest BCUT2D eigenvalue weighted by Gasteiger charge is 2.23. The highest BCUT2D eigenvalue weighted by Crippen LogP contribution is 2.22. The van der Waals surface area contributed by atoms with Gasteiger partial charge in [0.05, 0.1) is 0 Å². The number of hydrogen-bond acceptors (Lipinski definition) is 3. The Hall–Kier alpha value is -1.16. The van der Waals surface area contributed by atoms with Crippen LogP contribution >= 0.6 is 0 Å². The molecule has 0 saturated heterocycles. The Morgan fingerprint density at radius 1 is 1.56 bits per heavy atom. The molecule has 1 unspecified atom stereocenters. The normalized spacial score (nSPS) is 14.7. The van der Waals surface area contributed by atoms with E-state index >= 15 is 0 Å². The van der Waals surface area contributed by atoms with Crippen LogP contribution in [0.2, 0.25) is 0 Å². The topological polar surface area (TPSA) is 42.7 Å². The van der Waals surface area contributed by atoms with Crippen molar-refractivity contribution in [2.45, 2.75) is 53.1 Å². The molecule has 0 aliphatic carbocycles. The molecule has 102 valence electrons. The lowest BCUT2D eigenvalue weighted by Crippen LogP contribution is -2.36. The predicted molar refractivity (Wildman–Crippen MR) is 75.5 cm³/mol. The maximum absolute atomic E-state index is 4.37. The quantitative estimate of drug-likeness (QED) is 0.721. The van der Waals surface area contributed by atoms with Crippen LogP contribution in [0.25, 0.3) is 0 Å². The van der Waals surface area contributed by atoms with E-state index in [2.05, 4.69) is 49.7 Å². The fraction of sp³-hybridized carbons (Fsp3) is 0.714. The zero-order chi connectivity index (χ0) is 13.6. The van der Waals surface area contributed by atoms with E-state index in [-0.39, 0.29) is 5.41 Å². The maximum atomic E-state index is 4.37. The monoisotopic (exact) mass is 250 g/mol. The van der Waals surface area contributed by atoms with Gasteiger partial charge < -0.3 is 5.32 Å². The van der Waals surface area contributed by atoms with E-state index in [1.807, 2.05) is 10.8 Å². The van der Waals surface area contributed by atoms with Crippen LogP contribution in [0.1, 0.15) is 39.9 Å². The van der Waals surface area contributed by atoms with Gasteiger partial charge in [0.1, 0.15) is 12.2 Å². The first-order valence-electron chi connectivity index (χ1n) is 6.74. The molecule has 0 saturated carbocycles. The van der Waals surface area contributed by atoms with Gasteiger partial charge in [-0.25, -0.2) is 4.98 Å². The molecule has 0 bridgehead atoms. The average molecular weight is 250 g/mol. The van der Waals surface area contributed by atoms with Crippen LogP contribution in [-0.4, -0.2) is 27.4 Å². The molecule has 1 atom stereocenters. The summed E-state index contributed by atoms with van der Waals surface area (Å²) < 4.78 is 2.00. The third-order valence-electron chi connectivity index (χ3n) is 3.10. The van der Waals surface area contributed by atoms with Crippen molar-refractivity contribution in [3.05, 3.63) is 24.8 Å². The Labute approximate surface area is 110 Å². The zero-order valence-corrected chi connectivity index (χ0v) is 12.1. The predicted octanol–water partition coefficient (Wildman–Crippen LogP) is 2.42. The van der Waals surface area contributed by atoms with Gasteiger partial charge in [-0.1, -0.05) is 33.8 Å². The van der Waals surface area contributed by atoms with E-state index < -0.39 is 0 Å². The number of nitrogens with one attached hydrogen (secondary N) is 1. The number of aromatic nitrogens is 3. The second-order valence-corrected chi connectivity index (χ2v) is 5.47. The summed E-state index contributed by atoms with van der Waals surface area (Å²) in [5.41, 5.74) is 0.0167. The summed E-state index contributed by atoms with van der Waals surface area (Å²) in [6, 6.07) is 0.484. The van der Waals surface area contributed by atoms with E-state index in [1.54, 1.807) is 6.33 Å². The standard InChI is InChI=1S/C14H26N4/c1-6-8-18-13(16-11-17-18)9-14(5,7-2)10-15-12(3)4/h7,11-12,15H,2,6,8-10H2,1,3-5H3. The molecular weight excluding hydrogens is 224 g/mol. The van der Waals surface area contributed by atoms with Crippen LogP contribution in [0.3, 0.4) is 0 Å². The zero-order valence-electron chi connectivity index (χ0n) is 12.1. The summed E-state index contributed by atoms with van der Waals surface area (Å²) in [7, 11) is 0. The van der Waals surface area contributed by atoms with Crippen molar-refractivity contribution in [1.82, 2.24) is 20.1 Å². The van der Waals surface area contributed by atoms with Crippen molar-refractivity contribution < 1.29 is 0 Å². The maximum Gasteiger partial charge on any atom is 0.138 e. The molecule has 0 aliphatic rings. The first-order chi connectivity index (χ1) is 8.50. The third-order valence-corrected chi connectivity index (χ3v) is 3.10. The summed E-state index contributed by atoms with van der Waals surface area (Å²) >= 11 is 0. The Balaban J connectivity index is 2.71. The minimum Gasteiger partial charge on any atom is -0.314 e. The summed E-state index contributed by atoms with van der Waals surface area (Å²) in [4.78, 5) is 4.37. The first kappa shape index (κ1) is 14.9. The van der Waals surface area contributed by atoms with Crippen molar-refractivity contribution >= 4 is 0 Å². The molecule has 0 amide bonds. The second-order valence-electron chi connectivity index (χ2n) is 5.47. The lowest BCUT2D eigenvalue weighted by Gasteiger charge is -2.27. The minimum atomic E-state index is 0.0167. The molecule has 0 spiro atoms. The van der Waals surface area contributed by atoms with Gasteiger partial charge in [-0.3, -0.25) is 4.68 Å². The Morgan fingerprint density at radius 2 is 2.28 bits per heavy atom. The fourth-order valence-electron chi connectivity index (χ4n) is 1.83. The van der Waals surface area contributed by atoms with Crippen LogP contribution < -0.4 is 5.32 Å². The van der Waals surface area contributed by atoms with E-state index in [9.17, 15) is 0 Å². The smallest absolute Gasteiger partial charge is 0.138 e. The van der Waals surface area contributed by atoms with Crippen LogP contribution in [-0.2, 0) is 13.0 Å². The third kappa shape index (κ3) is 4.26. The lowest BCUT2D eigenvalue weighted by atomic mass is 9.86. The van der Waals surface area contributed by atoms with Crippen LogP contribution in [0, 0.1) is 5.41 Å². The summed E-state index contributed by atoms with van der Waals surface area (Å²) in [5.74, 6) is 1.05. The van der Waals surface area contributed by atoms with Gasteiger partial charge in [-0.15, -0.1) is 6.58 Å². The van der Waals surface area contributed by atoms with Gasteiger partial charge in [0.25, 0.3) is 0 Å². The largest absolute Gasteiger partial charge is 0.314 e. The van der Waals surface area contributed by atoms with Crippen LogP contribution in [0.5, 0.6) is 0 Å². The highest BCUT2D eigenvalue weighted by atomic mass is 15.3. The van der Waals surface area contributed by atoms with Gasteiger partial charge in [0.15, 0.2) is 0 Å². The molecule has 4 heteroatoms. The lowest BCUT2D eigenvalue weighted by molar-refractivity contribution is 0.358. The molecule has 0 fully saturated rings. The van der Waals surface area contributed by atoms with E-state index in [0.717, 1.165) is 31.8 Å². The first-order valence-corrected chi connectivity index (χ1v) is 6.74. The molecule has 4 nitrogen and oxygen atoms in total. The average Bonchev–Trinajstić information content (AvgIpc) is 2.75. The number of aryl methyl sites for hydroxylation is 1. The second kappa shape index (κ2) is 6.69. The summed E-state index contributed by atoms with van der Waals surface area (Å²) in [6.07, 6.45) is 5.61. The molecule has 1 heterocycles. The number of nitrogens with zero attached hydrogens (tertiary/aromatic N) is 3.